The zero-order valence-electron chi connectivity index (χ0n) is 11.2. The summed E-state index contributed by atoms with van der Waals surface area (Å²) in [6.07, 6.45) is 2.05. The summed E-state index contributed by atoms with van der Waals surface area (Å²) in [5, 5.41) is 9.37. The van der Waals surface area contributed by atoms with E-state index in [1.54, 1.807) is 6.07 Å². The van der Waals surface area contributed by atoms with Gasteiger partial charge in [0.1, 0.15) is 4.99 Å². The minimum atomic E-state index is 0.0695. The van der Waals surface area contributed by atoms with Gasteiger partial charge in [0.2, 0.25) is 0 Å². The second kappa shape index (κ2) is 7.22. The van der Waals surface area contributed by atoms with Crippen LogP contribution in [0.15, 0.2) is 18.2 Å². The van der Waals surface area contributed by atoms with Crippen LogP contribution in [0, 0.1) is 0 Å². The molecule has 0 saturated carbocycles. The highest BCUT2D eigenvalue weighted by atomic mass is 35.5. The number of nitrogens with zero attached hydrogens (tertiary/aromatic N) is 1. The van der Waals surface area contributed by atoms with E-state index in [1.165, 1.54) is 0 Å². The summed E-state index contributed by atoms with van der Waals surface area (Å²) in [6, 6.07) is 5.71. The second-order valence-electron chi connectivity index (χ2n) is 4.78. The molecule has 0 aliphatic carbocycles. The Morgan fingerprint density at radius 3 is 2.75 bits per heavy atom. The van der Waals surface area contributed by atoms with Crippen molar-refractivity contribution in [2.24, 2.45) is 5.73 Å². The Morgan fingerprint density at radius 1 is 1.45 bits per heavy atom. The molecule has 0 aromatic heterocycles. The smallest absolute Gasteiger partial charge is 0.107 e. The summed E-state index contributed by atoms with van der Waals surface area (Å²) in [6.45, 7) is 2.21. The molecule has 1 aliphatic rings. The van der Waals surface area contributed by atoms with Crippen molar-refractivity contribution in [3.63, 3.8) is 0 Å². The van der Waals surface area contributed by atoms with E-state index >= 15 is 0 Å². The number of aliphatic hydroxyl groups excluding tert-OH is 1. The van der Waals surface area contributed by atoms with E-state index < -0.39 is 0 Å². The van der Waals surface area contributed by atoms with Crippen LogP contribution in [-0.2, 0) is 4.74 Å². The molecule has 6 heteroatoms. The number of aliphatic hydroxyl groups is 1. The first kappa shape index (κ1) is 15.5. The van der Waals surface area contributed by atoms with E-state index in [0.29, 0.717) is 16.6 Å². The van der Waals surface area contributed by atoms with Crippen LogP contribution < -0.4 is 10.6 Å². The van der Waals surface area contributed by atoms with Crippen molar-refractivity contribution in [2.45, 2.75) is 18.9 Å². The predicted molar refractivity (Wildman–Crippen MR) is 85.6 cm³/mol. The number of hydrogen-bond acceptors (Lipinski definition) is 4. The van der Waals surface area contributed by atoms with Crippen LogP contribution in [0.1, 0.15) is 18.4 Å². The van der Waals surface area contributed by atoms with Crippen LogP contribution in [0.3, 0.4) is 0 Å². The largest absolute Gasteiger partial charge is 0.394 e. The van der Waals surface area contributed by atoms with Gasteiger partial charge in [-0.15, -0.1) is 0 Å². The van der Waals surface area contributed by atoms with Gasteiger partial charge in [0, 0.05) is 18.8 Å². The summed E-state index contributed by atoms with van der Waals surface area (Å²) in [7, 11) is 0. The average Bonchev–Trinajstić information content (AvgIpc) is 2.45. The highest BCUT2D eigenvalue weighted by molar-refractivity contribution is 7.80. The molecule has 1 fully saturated rings. The maximum Gasteiger partial charge on any atom is 0.107 e. The van der Waals surface area contributed by atoms with E-state index in [9.17, 15) is 0 Å². The van der Waals surface area contributed by atoms with Gasteiger partial charge in [-0.25, -0.2) is 0 Å². The van der Waals surface area contributed by atoms with Crippen LogP contribution in [0.4, 0.5) is 5.69 Å². The fourth-order valence-electron chi connectivity index (χ4n) is 2.50. The number of halogens is 1. The number of benzene rings is 1. The van der Waals surface area contributed by atoms with Crippen LogP contribution in [0.2, 0.25) is 5.02 Å². The fraction of sp³-hybridized carbons (Fsp3) is 0.500. The molecule has 20 heavy (non-hydrogen) atoms. The minimum Gasteiger partial charge on any atom is -0.394 e. The van der Waals surface area contributed by atoms with Crippen molar-refractivity contribution >= 4 is 34.5 Å². The van der Waals surface area contributed by atoms with Gasteiger partial charge < -0.3 is 20.5 Å². The van der Waals surface area contributed by atoms with Crippen molar-refractivity contribution in [1.29, 1.82) is 0 Å². The predicted octanol–water partition coefficient (Wildman–Crippen LogP) is 1.95. The maximum atomic E-state index is 8.78. The van der Waals surface area contributed by atoms with Crippen molar-refractivity contribution in [3.8, 4) is 0 Å². The quantitative estimate of drug-likeness (QED) is 0.814. The standard InChI is InChI=1S/C14H19ClN2O2S/c15-11-2-1-3-12(13(11)14(16)20)17-6-4-10(5-7-17)19-9-8-18/h1-3,10,18H,4-9H2,(H2,16,20). The van der Waals surface area contributed by atoms with Crippen molar-refractivity contribution in [2.75, 3.05) is 31.2 Å². The first-order chi connectivity index (χ1) is 9.63. The van der Waals surface area contributed by atoms with Gasteiger partial charge in [-0.05, 0) is 25.0 Å². The molecule has 0 atom stereocenters. The van der Waals surface area contributed by atoms with Crippen LogP contribution in [0.25, 0.3) is 0 Å². The average molecular weight is 315 g/mol. The lowest BCUT2D eigenvalue weighted by atomic mass is 10.0. The molecule has 1 aromatic rings. The highest BCUT2D eigenvalue weighted by Crippen LogP contribution is 2.30. The third-order valence-electron chi connectivity index (χ3n) is 3.47. The first-order valence-electron chi connectivity index (χ1n) is 6.69. The van der Waals surface area contributed by atoms with Crippen LogP contribution >= 0.6 is 23.8 Å². The van der Waals surface area contributed by atoms with Crippen LogP contribution in [0.5, 0.6) is 0 Å². The zero-order valence-corrected chi connectivity index (χ0v) is 12.8. The van der Waals surface area contributed by atoms with Gasteiger partial charge >= 0.3 is 0 Å². The van der Waals surface area contributed by atoms with E-state index in [0.717, 1.165) is 37.2 Å². The normalized spacial score (nSPS) is 16.4. The number of hydrogen-bond donors (Lipinski definition) is 2. The number of anilines is 1. The lowest BCUT2D eigenvalue weighted by Gasteiger charge is -2.34. The maximum absolute atomic E-state index is 8.78. The summed E-state index contributed by atoms with van der Waals surface area (Å²) < 4.78 is 5.56. The third-order valence-corrected chi connectivity index (χ3v) is 3.98. The molecule has 0 spiro atoms. The van der Waals surface area contributed by atoms with Crippen molar-refractivity contribution in [1.82, 2.24) is 0 Å². The highest BCUT2D eigenvalue weighted by Gasteiger charge is 2.22. The first-order valence-corrected chi connectivity index (χ1v) is 7.48. The summed E-state index contributed by atoms with van der Waals surface area (Å²) >= 11 is 11.3. The number of rotatable bonds is 5. The second-order valence-corrected chi connectivity index (χ2v) is 5.63. The molecule has 1 saturated heterocycles. The molecule has 0 bridgehead atoms. The third kappa shape index (κ3) is 3.61. The monoisotopic (exact) mass is 314 g/mol. The molecule has 1 aliphatic heterocycles. The van der Waals surface area contributed by atoms with Gasteiger partial charge in [-0.3, -0.25) is 0 Å². The lowest BCUT2D eigenvalue weighted by Crippen LogP contribution is -2.38. The van der Waals surface area contributed by atoms with E-state index in [4.69, 9.17) is 39.4 Å². The molecule has 2 rings (SSSR count). The summed E-state index contributed by atoms with van der Waals surface area (Å²) in [4.78, 5) is 2.56. The summed E-state index contributed by atoms with van der Waals surface area (Å²) in [5.74, 6) is 0. The van der Waals surface area contributed by atoms with E-state index in [2.05, 4.69) is 4.90 Å². The van der Waals surface area contributed by atoms with Crippen molar-refractivity contribution in [3.05, 3.63) is 28.8 Å². The Labute approximate surface area is 129 Å². The topological polar surface area (TPSA) is 58.7 Å². The molecule has 1 heterocycles. The Kier molecular flexibility index (Phi) is 5.60. The SMILES string of the molecule is NC(=S)c1c(Cl)cccc1N1CCC(OCCO)CC1. The van der Waals surface area contributed by atoms with Gasteiger partial charge in [-0.2, -0.15) is 0 Å². The number of thiocarbonyl (C=S) groups is 1. The number of ether oxygens (including phenoxy) is 1. The van der Waals surface area contributed by atoms with Gasteiger partial charge in [0.05, 0.1) is 29.9 Å². The Balaban J connectivity index is 2.07. The van der Waals surface area contributed by atoms with Gasteiger partial charge in [0.15, 0.2) is 0 Å². The summed E-state index contributed by atoms with van der Waals surface area (Å²) in [5.41, 5.74) is 7.52. The molecule has 1 aromatic carbocycles. The molecule has 4 nitrogen and oxygen atoms in total. The molecule has 0 amide bonds. The van der Waals surface area contributed by atoms with E-state index in [-0.39, 0.29) is 12.7 Å². The molecule has 0 radical (unpaired) electrons. The minimum absolute atomic E-state index is 0.0695. The Morgan fingerprint density at radius 2 is 2.15 bits per heavy atom. The molecule has 0 unspecified atom stereocenters. The van der Waals surface area contributed by atoms with E-state index in [1.807, 2.05) is 12.1 Å². The van der Waals surface area contributed by atoms with Gasteiger partial charge in [-0.1, -0.05) is 29.9 Å². The molecule has 110 valence electrons. The fourth-order valence-corrected chi connectivity index (χ4v) is 3.04. The Hall–Kier alpha value is -0.880. The molecule has 3 N–H and O–H groups in total. The number of piperidine rings is 1. The lowest BCUT2D eigenvalue weighted by molar-refractivity contribution is 0.0159. The molecular weight excluding hydrogens is 296 g/mol. The van der Waals surface area contributed by atoms with Crippen LogP contribution in [-0.4, -0.2) is 42.5 Å². The molecular formula is C14H19ClN2O2S. The Bertz CT molecular complexity index is 476. The zero-order chi connectivity index (χ0) is 14.5. The van der Waals surface area contributed by atoms with Crippen molar-refractivity contribution < 1.29 is 9.84 Å². The van der Waals surface area contributed by atoms with Gasteiger partial charge in [0.25, 0.3) is 0 Å². The number of nitrogens with two attached hydrogens (primary N) is 1.